The second-order valence-corrected chi connectivity index (χ2v) is 4.11. The number of carbonyl (C=O) groups is 1. The molecule has 0 spiro atoms. The topological polar surface area (TPSA) is 58.9 Å². The summed E-state index contributed by atoms with van der Waals surface area (Å²) in [5, 5.41) is 9.68. The molecule has 0 saturated carbocycles. The van der Waals surface area contributed by atoms with Crippen LogP contribution in [0.5, 0.6) is 5.75 Å². The maximum atomic E-state index is 11.5. The van der Waals surface area contributed by atoms with Crippen LogP contribution < -0.4 is 4.74 Å². The fourth-order valence-corrected chi connectivity index (χ4v) is 2.04. The van der Waals surface area contributed by atoms with Gasteiger partial charge in [0.1, 0.15) is 17.2 Å². The van der Waals surface area contributed by atoms with Crippen LogP contribution in [0.1, 0.15) is 19.8 Å². The Kier molecular flexibility index (Phi) is 3.46. The predicted molar refractivity (Wildman–Crippen MR) is 69.7 cm³/mol. The van der Waals surface area contributed by atoms with Crippen molar-refractivity contribution in [1.82, 2.24) is 0 Å². The number of Topliss-reactive ketones (excluding diaryl/α,β-unsaturated/α-hetero) is 1. The van der Waals surface area contributed by atoms with Crippen LogP contribution in [0.15, 0.2) is 40.6 Å². The van der Waals surface area contributed by atoms with Crippen molar-refractivity contribution in [2.75, 3.05) is 7.11 Å². The van der Waals surface area contributed by atoms with Crippen molar-refractivity contribution in [1.29, 1.82) is 0 Å². The van der Waals surface area contributed by atoms with Crippen molar-refractivity contribution in [2.24, 2.45) is 4.99 Å². The van der Waals surface area contributed by atoms with Crippen molar-refractivity contribution in [2.45, 2.75) is 19.8 Å². The van der Waals surface area contributed by atoms with Crippen LogP contribution in [0.2, 0.25) is 0 Å². The van der Waals surface area contributed by atoms with Gasteiger partial charge in [0.05, 0.1) is 18.4 Å². The molecule has 1 aliphatic rings. The number of ether oxygens (including phenoxy) is 1. The van der Waals surface area contributed by atoms with E-state index in [4.69, 9.17) is 4.74 Å². The highest BCUT2D eigenvalue weighted by Crippen LogP contribution is 2.30. The molecular weight excluding hydrogens is 230 g/mol. The van der Waals surface area contributed by atoms with Crippen molar-refractivity contribution in [3.8, 4) is 5.75 Å². The van der Waals surface area contributed by atoms with Crippen LogP contribution in [0, 0.1) is 0 Å². The summed E-state index contributed by atoms with van der Waals surface area (Å²) in [6, 6.07) is 7.34. The largest absolute Gasteiger partial charge is 0.511 e. The molecule has 0 aliphatic heterocycles. The van der Waals surface area contributed by atoms with Gasteiger partial charge < -0.3 is 9.84 Å². The molecule has 0 aromatic heterocycles. The first-order valence-electron chi connectivity index (χ1n) is 5.77. The summed E-state index contributed by atoms with van der Waals surface area (Å²) < 4.78 is 5.21. The zero-order chi connectivity index (χ0) is 13.1. The Labute approximate surface area is 106 Å². The first kappa shape index (κ1) is 12.4. The maximum Gasteiger partial charge on any atom is 0.165 e. The van der Waals surface area contributed by atoms with Crippen LogP contribution >= 0.6 is 0 Å². The quantitative estimate of drug-likeness (QED) is 0.890. The average molecular weight is 245 g/mol. The Morgan fingerprint density at radius 1 is 1.33 bits per heavy atom. The normalized spacial score (nSPS) is 17.3. The molecule has 2 rings (SSSR count). The summed E-state index contributed by atoms with van der Waals surface area (Å²) in [6.45, 7) is 1.44. The highest BCUT2D eigenvalue weighted by Gasteiger charge is 2.24. The number of aliphatic hydroxyl groups excluding tert-OH is 1. The molecule has 94 valence electrons. The third kappa shape index (κ3) is 2.27. The van der Waals surface area contributed by atoms with Gasteiger partial charge >= 0.3 is 0 Å². The van der Waals surface area contributed by atoms with Gasteiger partial charge in [-0.2, -0.15) is 0 Å². The summed E-state index contributed by atoms with van der Waals surface area (Å²) in [5.41, 5.74) is 1.65. The van der Waals surface area contributed by atoms with E-state index in [1.165, 1.54) is 6.92 Å². The molecule has 0 atom stereocenters. The Morgan fingerprint density at radius 2 is 2.06 bits per heavy atom. The lowest BCUT2D eigenvalue weighted by atomic mass is 10.1. The van der Waals surface area contributed by atoms with E-state index in [0.717, 1.165) is 0 Å². The number of hydrogen-bond acceptors (Lipinski definition) is 4. The van der Waals surface area contributed by atoms with Crippen LogP contribution in [0.4, 0.5) is 5.69 Å². The van der Waals surface area contributed by atoms with Gasteiger partial charge in [-0.15, -0.1) is 0 Å². The highest BCUT2D eigenvalue weighted by molar-refractivity contribution is 6.24. The minimum atomic E-state index is -0.154. The van der Waals surface area contributed by atoms with E-state index in [-0.39, 0.29) is 11.5 Å². The van der Waals surface area contributed by atoms with Crippen molar-refractivity contribution in [3.63, 3.8) is 0 Å². The fraction of sp³-hybridized carbons (Fsp3) is 0.286. The zero-order valence-electron chi connectivity index (χ0n) is 10.4. The molecule has 1 aromatic rings. The number of aliphatic hydroxyl groups is 1. The van der Waals surface area contributed by atoms with Gasteiger partial charge in [0.15, 0.2) is 5.78 Å². The molecule has 1 aromatic carbocycles. The molecule has 18 heavy (non-hydrogen) atoms. The third-order valence-electron chi connectivity index (χ3n) is 2.87. The molecule has 0 unspecified atom stereocenters. The van der Waals surface area contributed by atoms with Crippen molar-refractivity contribution < 1.29 is 14.6 Å². The smallest absolute Gasteiger partial charge is 0.165 e. The summed E-state index contributed by atoms with van der Waals surface area (Å²) in [6.07, 6.45) is 1.06. The van der Waals surface area contributed by atoms with E-state index in [9.17, 15) is 9.90 Å². The predicted octanol–water partition coefficient (Wildman–Crippen LogP) is 2.96. The van der Waals surface area contributed by atoms with Crippen LogP contribution in [0.25, 0.3) is 0 Å². The lowest BCUT2D eigenvalue weighted by Gasteiger charge is -2.05. The fourth-order valence-electron chi connectivity index (χ4n) is 2.04. The SMILES string of the molecule is COc1ccccc1N=C1CCC(O)=C1C(C)=O. The zero-order valence-corrected chi connectivity index (χ0v) is 10.4. The number of carbonyl (C=O) groups excluding carboxylic acids is 1. The van der Waals surface area contributed by atoms with Gasteiger partial charge in [0.25, 0.3) is 0 Å². The molecule has 0 bridgehead atoms. The van der Waals surface area contributed by atoms with Crippen molar-refractivity contribution in [3.05, 3.63) is 35.6 Å². The Hall–Kier alpha value is -2.10. The number of hydrogen-bond donors (Lipinski definition) is 1. The van der Waals surface area contributed by atoms with E-state index < -0.39 is 0 Å². The molecule has 4 nitrogen and oxygen atoms in total. The first-order valence-corrected chi connectivity index (χ1v) is 5.77. The van der Waals surface area contributed by atoms with Crippen LogP contribution in [-0.4, -0.2) is 23.7 Å². The van der Waals surface area contributed by atoms with Crippen LogP contribution in [0.3, 0.4) is 0 Å². The molecular formula is C14H15NO3. The van der Waals surface area contributed by atoms with E-state index in [1.54, 1.807) is 7.11 Å². The van der Waals surface area contributed by atoms with Gasteiger partial charge in [0, 0.05) is 6.42 Å². The Bertz CT molecular complexity index is 544. The van der Waals surface area contributed by atoms with Gasteiger partial charge in [-0.05, 0) is 25.5 Å². The maximum absolute atomic E-state index is 11.5. The van der Waals surface area contributed by atoms with Gasteiger partial charge in [-0.25, -0.2) is 4.99 Å². The minimum Gasteiger partial charge on any atom is -0.511 e. The molecule has 0 heterocycles. The number of rotatable bonds is 3. The molecule has 1 aliphatic carbocycles. The summed E-state index contributed by atoms with van der Waals surface area (Å²) in [7, 11) is 1.58. The number of aliphatic imine (C=N–C) groups is 1. The monoisotopic (exact) mass is 245 g/mol. The lowest BCUT2D eigenvalue weighted by Crippen LogP contribution is -2.06. The number of ketones is 1. The van der Waals surface area contributed by atoms with E-state index in [2.05, 4.69) is 4.99 Å². The molecule has 0 saturated heterocycles. The van der Waals surface area contributed by atoms with Gasteiger partial charge in [-0.1, -0.05) is 12.1 Å². The summed E-state index contributed by atoms with van der Waals surface area (Å²) >= 11 is 0. The summed E-state index contributed by atoms with van der Waals surface area (Å²) in [5.74, 6) is 0.633. The molecule has 4 heteroatoms. The standard InChI is InChI=1S/C14H15NO3/c1-9(16)14-11(7-8-12(14)17)15-10-5-3-4-6-13(10)18-2/h3-6,17H,7-8H2,1-2H3. The number of para-hydroxylation sites is 2. The second kappa shape index (κ2) is 5.04. The van der Waals surface area contributed by atoms with Gasteiger partial charge in [0.2, 0.25) is 0 Å². The van der Waals surface area contributed by atoms with E-state index in [0.29, 0.717) is 35.6 Å². The van der Waals surface area contributed by atoms with Gasteiger partial charge in [-0.3, -0.25) is 4.79 Å². The molecule has 0 fully saturated rings. The van der Waals surface area contributed by atoms with E-state index >= 15 is 0 Å². The number of nitrogens with zero attached hydrogens (tertiary/aromatic N) is 1. The third-order valence-corrected chi connectivity index (χ3v) is 2.87. The number of benzene rings is 1. The average Bonchev–Trinajstić information content (AvgIpc) is 2.71. The first-order chi connectivity index (χ1) is 8.63. The number of allylic oxidation sites excluding steroid dienone is 2. The second-order valence-electron chi connectivity index (χ2n) is 4.11. The number of methoxy groups -OCH3 is 1. The molecule has 0 radical (unpaired) electrons. The van der Waals surface area contributed by atoms with Crippen LogP contribution in [-0.2, 0) is 4.79 Å². The minimum absolute atomic E-state index is 0.135. The highest BCUT2D eigenvalue weighted by atomic mass is 16.5. The van der Waals surface area contributed by atoms with E-state index in [1.807, 2.05) is 24.3 Å². The molecule has 1 N–H and O–H groups in total. The van der Waals surface area contributed by atoms with Crippen molar-refractivity contribution >= 4 is 17.2 Å². The molecule has 0 amide bonds. The lowest BCUT2D eigenvalue weighted by molar-refractivity contribution is -0.113. The Balaban J connectivity index is 2.43. The Morgan fingerprint density at radius 3 is 2.72 bits per heavy atom. The summed E-state index contributed by atoms with van der Waals surface area (Å²) in [4.78, 5) is 15.9.